The van der Waals surface area contributed by atoms with Gasteiger partial charge in [0, 0.05) is 17.9 Å². The average Bonchev–Trinajstić information content (AvgIpc) is 3.02. The molecular weight excluding hydrogens is 300 g/mol. The molecule has 5 atom stereocenters. The van der Waals surface area contributed by atoms with Gasteiger partial charge in [0.25, 0.3) is 0 Å². The van der Waals surface area contributed by atoms with Crippen LogP contribution in [0.1, 0.15) is 33.1 Å². The van der Waals surface area contributed by atoms with Crippen LogP contribution in [0, 0.1) is 17.8 Å². The minimum absolute atomic E-state index is 0.135. The fraction of sp³-hybridized carbons (Fsp3) is 0.476. The number of carbonyl (C=O) groups excluding carboxylic acids is 1. The molecule has 24 heavy (non-hydrogen) atoms. The number of ether oxygens (including phenoxy) is 2. The van der Waals surface area contributed by atoms with Crippen LogP contribution in [0.5, 0.6) is 0 Å². The fourth-order valence-electron chi connectivity index (χ4n) is 4.32. The minimum Gasteiger partial charge on any atom is -0.490 e. The largest absolute Gasteiger partial charge is 0.490 e. The summed E-state index contributed by atoms with van der Waals surface area (Å²) in [6, 6.07) is 0. The van der Waals surface area contributed by atoms with Crippen molar-refractivity contribution in [2.75, 3.05) is 0 Å². The molecule has 2 saturated carbocycles. The zero-order valence-electron chi connectivity index (χ0n) is 14.6. The average molecular weight is 326 g/mol. The third-order valence-corrected chi connectivity index (χ3v) is 5.85. The monoisotopic (exact) mass is 326 g/mol. The second-order valence-corrected chi connectivity index (χ2v) is 7.16. The van der Waals surface area contributed by atoms with E-state index < -0.39 is 0 Å². The topological polar surface area (TPSA) is 35.5 Å². The lowest BCUT2D eigenvalue weighted by molar-refractivity contribution is -0.141. The second-order valence-electron chi connectivity index (χ2n) is 7.16. The number of fused-ring (bicyclic) bond motifs is 3. The molecule has 1 aliphatic heterocycles. The minimum atomic E-state index is -0.307. The van der Waals surface area contributed by atoms with Gasteiger partial charge >= 0.3 is 5.97 Å². The van der Waals surface area contributed by atoms with Crippen molar-refractivity contribution in [3.63, 3.8) is 0 Å². The predicted octanol–water partition coefficient (Wildman–Crippen LogP) is 4.49. The first-order valence-electron chi connectivity index (χ1n) is 8.59. The van der Waals surface area contributed by atoms with Gasteiger partial charge in [-0.3, -0.25) is 0 Å². The Labute approximate surface area is 144 Å². The first-order valence-corrected chi connectivity index (χ1v) is 8.59. The Hall–Kier alpha value is -2.03. The summed E-state index contributed by atoms with van der Waals surface area (Å²) < 4.78 is 11.9. The maximum atomic E-state index is 12.2. The van der Waals surface area contributed by atoms with Crippen LogP contribution >= 0.6 is 0 Å². The van der Waals surface area contributed by atoms with Gasteiger partial charge in [0.15, 0.2) is 0 Å². The van der Waals surface area contributed by atoms with Crippen LogP contribution in [0.3, 0.4) is 0 Å². The van der Waals surface area contributed by atoms with E-state index in [1.165, 1.54) is 0 Å². The lowest BCUT2D eigenvalue weighted by Gasteiger charge is -2.29. The van der Waals surface area contributed by atoms with Crippen molar-refractivity contribution in [1.82, 2.24) is 0 Å². The molecule has 3 fully saturated rings. The molecular formula is C21H26O3. The Morgan fingerprint density at radius 2 is 1.96 bits per heavy atom. The Bertz CT molecular complexity index is 667. The van der Waals surface area contributed by atoms with Crippen molar-refractivity contribution >= 4 is 5.97 Å². The molecule has 2 aliphatic carbocycles. The Morgan fingerprint density at radius 3 is 2.62 bits per heavy atom. The van der Waals surface area contributed by atoms with Crippen LogP contribution in [0.2, 0.25) is 0 Å². The highest BCUT2D eigenvalue weighted by atomic mass is 16.6. The van der Waals surface area contributed by atoms with E-state index in [-0.39, 0.29) is 30.0 Å². The maximum absolute atomic E-state index is 12.2. The number of allylic oxidation sites excluding steroid dienone is 2. The van der Waals surface area contributed by atoms with E-state index in [9.17, 15) is 4.79 Å². The highest BCUT2D eigenvalue weighted by molar-refractivity contribution is 5.91. The molecule has 3 rings (SSSR count). The molecule has 0 aromatic carbocycles. The van der Waals surface area contributed by atoms with Crippen LogP contribution in [0.4, 0.5) is 0 Å². The van der Waals surface area contributed by atoms with Crippen molar-refractivity contribution < 1.29 is 14.3 Å². The molecule has 0 aromatic heterocycles. The molecule has 0 N–H and O–H groups in total. The van der Waals surface area contributed by atoms with Gasteiger partial charge in [-0.05, 0) is 38.2 Å². The summed E-state index contributed by atoms with van der Waals surface area (Å²) in [5.74, 6) is 0.606. The van der Waals surface area contributed by atoms with E-state index in [2.05, 4.69) is 26.3 Å². The molecule has 3 nitrogen and oxygen atoms in total. The van der Waals surface area contributed by atoms with Crippen LogP contribution in [-0.2, 0) is 14.3 Å². The van der Waals surface area contributed by atoms with Gasteiger partial charge < -0.3 is 9.47 Å². The molecule has 0 radical (unpaired) electrons. The molecule has 0 amide bonds. The van der Waals surface area contributed by atoms with Crippen LogP contribution in [0.25, 0.3) is 0 Å². The highest BCUT2D eigenvalue weighted by Gasteiger charge is 2.54. The molecule has 3 aliphatic rings. The number of esters is 1. The standard InChI is InChI=1S/C21H26O3/c1-7-11(2)15(6)23-17-10-13(4)16-9-8-12(3)18(16)20-19(17)14(5)21(22)24-20/h7,16-20H,3-6,8-10H2,1-2H3. The van der Waals surface area contributed by atoms with E-state index in [1.54, 1.807) is 0 Å². The summed E-state index contributed by atoms with van der Waals surface area (Å²) >= 11 is 0. The summed E-state index contributed by atoms with van der Waals surface area (Å²) in [4.78, 5) is 12.2. The molecule has 128 valence electrons. The van der Waals surface area contributed by atoms with Gasteiger partial charge in [0.1, 0.15) is 18.0 Å². The normalized spacial score (nSPS) is 36.1. The fourth-order valence-corrected chi connectivity index (χ4v) is 4.32. The van der Waals surface area contributed by atoms with Crippen LogP contribution in [0.15, 0.2) is 60.4 Å². The zero-order valence-corrected chi connectivity index (χ0v) is 14.6. The van der Waals surface area contributed by atoms with Crippen molar-refractivity contribution in [1.29, 1.82) is 0 Å². The van der Waals surface area contributed by atoms with Gasteiger partial charge in [0.2, 0.25) is 0 Å². The van der Waals surface area contributed by atoms with Crippen molar-refractivity contribution in [3.05, 3.63) is 60.4 Å². The molecule has 0 aromatic rings. The lowest BCUT2D eigenvalue weighted by Crippen LogP contribution is -2.34. The van der Waals surface area contributed by atoms with E-state index in [0.29, 0.717) is 23.7 Å². The van der Waals surface area contributed by atoms with E-state index >= 15 is 0 Å². The van der Waals surface area contributed by atoms with Gasteiger partial charge in [-0.2, -0.15) is 0 Å². The molecule has 1 heterocycles. The maximum Gasteiger partial charge on any atom is 0.334 e. The van der Waals surface area contributed by atoms with Crippen molar-refractivity contribution in [3.8, 4) is 0 Å². The quantitative estimate of drug-likeness (QED) is 0.252. The van der Waals surface area contributed by atoms with Crippen molar-refractivity contribution in [2.45, 2.75) is 45.3 Å². The number of hydrogen-bond acceptors (Lipinski definition) is 3. The number of rotatable bonds is 3. The van der Waals surface area contributed by atoms with E-state index in [1.807, 2.05) is 19.9 Å². The smallest absolute Gasteiger partial charge is 0.334 e. The molecule has 3 heteroatoms. The van der Waals surface area contributed by atoms with E-state index in [4.69, 9.17) is 9.47 Å². The first-order chi connectivity index (χ1) is 11.3. The third-order valence-electron chi connectivity index (χ3n) is 5.85. The lowest BCUT2D eigenvalue weighted by atomic mass is 9.81. The first kappa shape index (κ1) is 16.8. The molecule has 5 unspecified atom stereocenters. The highest BCUT2D eigenvalue weighted by Crippen LogP contribution is 2.52. The zero-order chi connectivity index (χ0) is 17.6. The Balaban J connectivity index is 1.96. The van der Waals surface area contributed by atoms with Gasteiger partial charge in [0.05, 0.1) is 5.92 Å². The Kier molecular flexibility index (Phi) is 4.29. The van der Waals surface area contributed by atoms with Crippen LogP contribution < -0.4 is 0 Å². The molecule has 0 spiro atoms. The summed E-state index contributed by atoms with van der Waals surface area (Å²) in [6.07, 6.45) is 4.19. The molecule has 0 bridgehead atoms. The SMILES string of the molecule is C=C(OC1CC(=C)C2CCC(=C)C2C2OC(=O)C(=C)C12)C(C)=CC. The predicted molar refractivity (Wildman–Crippen MR) is 95.1 cm³/mol. The van der Waals surface area contributed by atoms with E-state index in [0.717, 1.165) is 29.6 Å². The summed E-state index contributed by atoms with van der Waals surface area (Å²) in [6.45, 7) is 20.5. The van der Waals surface area contributed by atoms with Gasteiger partial charge in [-0.15, -0.1) is 0 Å². The molecule has 1 saturated heterocycles. The summed E-state index contributed by atoms with van der Waals surface area (Å²) in [5, 5.41) is 0. The summed E-state index contributed by atoms with van der Waals surface area (Å²) in [7, 11) is 0. The number of hydrogen-bond donors (Lipinski definition) is 0. The Morgan fingerprint density at radius 1 is 1.25 bits per heavy atom. The van der Waals surface area contributed by atoms with Gasteiger partial charge in [-0.1, -0.05) is 43.5 Å². The second kappa shape index (κ2) is 6.12. The van der Waals surface area contributed by atoms with Crippen LogP contribution in [-0.4, -0.2) is 18.2 Å². The summed E-state index contributed by atoms with van der Waals surface area (Å²) in [5.41, 5.74) is 3.81. The number of carbonyl (C=O) groups is 1. The van der Waals surface area contributed by atoms with Crippen molar-refractivity contribution in [2.24, 2.45) is 17.8 Å². The van der Waals surface area contributed by atoms with Gasteiger partial charge in [-0.25, -0.2) is 4.79 Å². The third kappa shape index (κ3) is 2.56.